The summed E-state index contributed by atoms with van der Waals surface area (Å²) in [6.07, 6.45) is 0. The fourth-order valence-corrected chi connectivity index (χ4v) is 2.50. The van der Waals surface area contributed by atoms with Crippen molar-refractivity contribution in [3.63, 3.8) is 0 Å². The van der Waals surface area contributed by atoms with Gasteiger partial charge < -0.3 is 4.74 Å². The molecule has 0 aliphatic heterocycles. The number of aryl methyl sites for hydroxylation is 1. The van der Waals surface area contributed by atoms with Crippen LogP contribution in [-0.4, -0.2) is 17.1 Å². The lowest BCUT2D eigenvalue weighted by atomic mass is 9.98. The summed E-state index contributed by atoms with van der Waals surface area (Å²) in [5.74, 6) is 1.32. The fourth-order valence-electron chi connectivity index (χ4n) is 2.03. The van der Waals surface area contributed by atoms with Gasteiger partial charge in [0.15, 0.2) is 4.73 Å². The van der Waals surface area contributed by atoms with E-state index in [1.807, 2.05) is 25.1 Å². The first-order valence-electron chi connectivity index (χ1n) is 6.20. The van der Waals surface area contributed by atoms with Crippen molar-refractivity contribution in [1.82, 2.24) is 9.97 Å². The van der Waals surface area contributed by atoms with Crippen LogP contribution in [0.25, 0.3) is 11.3 Å². The number of nitrogens with zero attached hydrogens (tertiary/aromatic N) is 2. The average Bonchev–Trinajstić information content (AvgIpc) is 2.36. The van der Waals surface area contributed by atoms with E-state index in [-0.39, 0.29) is 0 Å². The van der Waals surface area contributed by atoms with Crippen LogP contribution in [0, 0.1) is 6.92 Å². The first-order chi connectivity index (χ1) is 9.01. The van der Waals surface area contributed by atoms with Crippen molar-refractivity contribution in [3.05, 3.63) is 40.3 Å². The molecule has 0 aliphatic rings. The molecule has 1 aromatic carbocycles. The van der Waals surface area contributed by atoms with Crippen LogP contribution in [0.2, 0.25) is 0 Å². The van der Waals surface area contributed by atoms with E-state index in [0.717, 1.165) is 22.7 Å². The van der Waals surface area contributed by atoms with Gasteiger partial charge in [-0.05, 0) is 58.6 Å². The number of methoxy groups -OCH3 is 1. The number of benzene rings is 1. The Balaban J connectivity index is 2.53. The van der Waals surface area contributed by atoms with Crippen molar-refractivity contribution in [1.29, 1.82) is 0 Å². The summed E-state index contributed by atoms with van der Waals surface area (Å²) >= 11 is 3.34. The smallest absolute Gasteiger partial charge is 0.197 e. The van der Waals surface area contributed by atoms with Crippen LogP contribution in [0.1, 0.15) is 31.0 Å². The molecule has 0 fully saturated rings. The third-order valence-corrected chi connectivity index (χ3v) is 3.33. The molecule has 19 heavy (non-hydrogen) atoms. The average molecular weight is 321 g/mol. The summed E-state index contributed by atoms with van der Waals surface area (Å²) in [6, 6.07) is 8.14. The third-order valence-electron chi connectivity index (χ3n) is 2.97. The first kappa shape index (κ1) is 14.0. The molecule has 4 heteroatoms. The number of hydrogen-bond acceptors (Lipinski definition) is 3. The number of hydrogen-bond donors (Lipinski definition) is 0. The van der Waals surface area contributed by atoms with Gasteiger partial charge in [0, 0.05) is 11.3 Å². The lowest BCUT2D eigenvalue weighted by Crippen LogP contribution is -1.96. The molecule has 0 aliphatic carbocycles. The van der Waals surface area contributed by atoms with Gasteiger partial charge in [-0.1, -0.05) is 13.8 Å². The molecule has 0 atom stereocenters. The van der Waals surface area contributed by atoms with Gasteiger partial charge in [-0.2, -0.15) is 0 Å². The lowest BCUT2D eigenvalue weighted by molar-refractivity contribution is 0.407. The maximum absolute atomic E-state index is 5.40. The molecule has 0 radical (unpaired) electrons. The second-order valence-corrected chi connectivity index (χ2v) is 5.48. The molecule has 3 nitrogen and oxygen atoms in total. The Labute approximate surface area is 122 Å². The van der Waals surface area contributed by atoms with Gasteiger partial charge in [-0.3, -0.25) is 0 Å². The molecule has 1 aromatic heterocycles. The topological polar surface area (TPSA) is 35.0 Å². The minimum absolute atomic E-state index is 0.404. The normalized spacial score (nSPS) is 10.8. The van der Waals surface area contributed by atoms with Gasteiger partial charge >= 0.3 is 0 Å². The molecule has 0 unspecified atom stereocenters. The summed E-state index contributed by atoms with van der Waals surface area (Å²) in [5, 5.41) is 0. The van der Waals surface area contributed by atoms with Gasteiger partial charge in [0.25, 0.3) is 0 Å². The third kappa shape index (κ3) is 3.13. The quantitative estimate of drug-likeness (QED) is 0.789. The number of rotatable bonds is 3. The molecule has 0 saturated heterocycles. The minimum Gasteiger partial charge on any atom is -0.496 e. The SMILES string of the molecule is COc1ccc(-c2cc(C)nc(Br)n2)cc1C(C)C. The zero-order chi connectivity index (χ0) is 14.0. The van der Waals surface area contributed by atoms with Crippen LogP contribution in [0.3, 0.4) is 0 Å². The molecule has 0 amide bonds. The van der Waals surface area contributed by atoms with Crippen LogP contribution in [0.4, 0.5) is 0 Å². The zero-order valence-electron chi connectivity index (χ0n) is 11.6. The van der Waals surface area contributed by atoms with Crippen molar-refractivity contribution < 1.29 is 4.74 Å². The zero-order valence-corrected chi connectivity index (χ0v) is 13.2. The van der Waals surface area contributed by atoms with Crippen molar-refractivity contribution in [3.8, 4) is 17.0 Å². The largest absolute Gasteiger partial charge is 0.496 e. The van der Waals surface area contributed by atoms with E-state index in [9.17, 15) is 0 Å². The monoisotopic (exact) mass is 320 g/mol. The van der Waals surface area contributed by atoms with Gasteiger partial charge in [0.1, 0.15) is 5.75 Å². The Kier molecular flexibility index (Phi) is 4.20. The summed E-state index contributed by atoms with van der Waals surface area (Å²) in [6.45, 7) is 6.27. The number of aromatic nitrogens is 2. The van der Waals surface area contributed by atoms with Crippen LogP contribution in [0.15, 0.2) is 29.0 Å². The van der Waals surface area contributed by atoms with Crippen LogP contribution < -0.4 is 4.74 Å². The number of ether oxygens (including phenoxy) is 1. The highest BCUT2D eigenvalue weighted by Crippen LogP contribution is 2.31. The van der Waals surface area contributed by atoms with Gasteiger partial charge in [0.2, 0.25) is 0 Å². The van der Waals surface area contributed by atoms with Gasteiger partial charge in [-0.15, -0.1) is 0 Å². The molecule has 0 spiro atoms. The maximum Gasteiger partial charge on any atom is 0.197 e. The minimum atomic E-state index is 0.404. The Morgan fingerprint density at radius 3 is 2.47 bits per heavy atom. The summed E-state index contributed by atoms with van der Waals surface area (Å²) < 4.78 is 6.02. The van der Waals surface area contributed by atoms with E-state index in [0.29, 0.717) is 10.7 Å². The van der Waals surface area contributed by atoms with Crippen LogP contribution in [-0.2, 0) is 0 Å². The van der Waals surface area contributed by atoms with E-state index in [2.05, 4.69) is 45.8 Å². The molecular weight excluding hydrogens is 304 g/mol. The molecule has 0 saturated carbocycles. The molecule has 2 rings (SSSR count). The van der Waals surface area contributed by atoms with Gasteiger partial charge in [0.05, 0.1) is 12.8 Å². The first-order valence-corrected chi connectivity index (χ1v) is 7.00. The van der Waals surface area contributed by atoms with E-state index in [4.69, 9.17) is 4.74 Å². The summed E-state index contributed by atoms with van der Waals surface area (Å²) in [4.78, 5) is 8.66. The Bertz CT molecular complexity index is 576. The van der Waals surface area contributed by atoms with Crippen molar-refractivity contribution >= 4 is 15.9 Å². The second-order valence-electron chi connectivity index (χ2n) is 4.78. The van der Waals surface area contributed by atoms with Crippen molar-refractivity contribution in [2.75, 3.05) is 7.11 Å². The summed E-state index contributed by atoms with van der Waals surface area (Å²) in [5.41, 5.74) is 4.13. The fraction of sp³-hybridized carbons (Fsp3) is 0.333. The van der Waals surface area contributed by atoms with E-state index >= 15 is 0 Å². The highest BCUT2D eigenvalue weighted by molar-refractivity contribution is 9.10. The Morgan fingerprint density at radius 1 is 1.16 bits per heavy atom. The lowest BCUT2D eigenvalue weighted by Gasteiger charge is -2.13. The standard InChI is InChI=1S/C15H17BrN2O/c1-9(2)12-8-11(5-6-14(12)19-4)13-7-10(3)17-15(16)18-13/h5-9H,1-4H3. The molecule has 100 valence electrons. The highest BCUT2D eigenvalue weighted by atomic mass is 79.9. The van der Waals surface area contributed by atoms with E-state index in [1.165, 1.54) is 5.56 Å². The second kappa shape index (κ2) is 5.70. The van der Waals surface area contributed by atoms with E-state index < -0.39 is 0 Å². The van der Waals surface area contributed by atoms with Crippen LogP contribution in [0.5, 0.6) is 5.75 Å². The molecule has 1 heterocycles. The van der Waals surface area contributed by atoms with Crippen molar-refractivity contribution in [2.24, 2.45) is 0 Å². The predicted molar refractivity (Wildman–Crippen MR) is 80.5 cm³/mol. The summed E-state index contributed by atoms with van der Waals surface area (Å²) in [7, 11) is 1.70. The predicted octanol–water partition coefficient (Wildman–Crippen LogP) is 4.35. The maximum atomic E-state index is 5.40. The molecular formula is C15H17BrN2O. The van der Waals surface area contributed by atoms with Crippen LogP contribution >= 0.6 is 15.9 Å². The van der Waals surface area contributed by atoms with Crippen molar-refractivity contribution in [2.45, 2.75) is 26.7 Å². The molecule has 0 N–H and O–H groups in total. The number of halogens is 1. The Hall–Kier alpha value is -1.42. The highest BCUT2D eigenvalue weighted by Gasteiger charge is 2.10. The van der Waals surface area contributed by atoms with E-state index in [1.54, 1.807) is 7.11 Å². The Morgan fingerprint density at radius 2 is 1.89 bits per heavy atom. The van der Waals surface area contributed by atoms with Gasteiger partial charge in [-0.25, -0.2) is 9.97 Å². The molecule has 0 bridgehead atoms. The molecule has 2 aromatic rings.